The first-order chi connectivity index (χ1) is 15.8. The highest BCUT2D eigenvalue weighted by Crippen LogP contribution is 2.35. The summed E-state index contributed by atoms with van der Waals surface area (Å²) in [5, 5.41) is 11.0. The molecular formula is C28H28O4. The van der Waals surface area contributed by atoms with E-state index in [2.05, 4.69) is 5.92 Å². The van der Waals surface area contributed by atoms with Crippen LogP contribution in [0.1, 0.15) is 16.7 Å². The van der Waals surface area contributed by atoms with Crippen LogP contribution in [0.2, 0.25) is 0 Å². The average molecular weight is 429 g/mol. The lowest BCUT2D eigenvalue weighted by Gasteiger charge is -2.26. The molecule has 1 N–H and O–H groups in total. The molecule has 164 valence electrons. The SMILES string of the molecule is C#C[C@@H]1[C@@H](O)[C@H](OCc2ccccc2)[C@@H](OCc2ccccc2)[C@H]1OCc1ccccc1. The Labute approximate surface area is 189 Å². The molecule has 0 amide bonds. The molecule has 1 aliphatic rings. The van der Waals surface area contributed by atoms with Crippen molar-refractivity contribution >= 4 is 0 Å². The third-order valence-electron chi connectivity index (χ3n) is 5.75. The number of ether oxygens (including phenoxy) is 3. The summed E-state index contributed by atoms with van der Waals surface area (Å²) in [6.07, 6.45) is 3.35. The van der Waals surface area contributed by atoms with Gasteiger partial charge in [-0.2, -0.15) is 0 Å². The van der Waals surface area contributed by atoms with Gasteiger partial charge in [-0.05, 0) is 16.7 Å². The fourth-order valence-corrected chi connectivity index (χ4v) is 4.06. The molecule has 0 aliphatic heterocycles. The van der Waals surface area contributed by atoms with Crippen LogP contribution < -0.4 is 0 Å². The lowest BCUT2D eigenvalue weighted by atomic mass is 10.0. The van der Waals surface area contributed by atoms with Crippen molar-refractivity contribution in [1.29, 1.82) is 0 Å². The summed E-state index contributed by atoms with van der Waals surface area (Å²) in [5.74, 6) is 2.19. The molecule has 0 aromatic heterocycles. The molecule has 0 unspecified atom stereocenters. The maximum absolute atomic E-state index is 11.0. The standard InChI is InChI=1S/C28H28O4/c1-2-24-25(29)27(31-19-22-14-8-4-9-15-22)28(32-20-23-16-10-5-11-17-23)26(24)30-18-21-12-6-3-7-13-21/h1,3-17,24-29H,18-20H2/t24-,25-,26+,27+,28+/m1/s1. The Kier molecular flexibility index (Phi) is 7.71. The van der Waals surface area contributed by atoms with Gasteiger partial charge >= 0.3 is 0 Å². The molecular weight excluding hydrogens is 400 g/mol. The molecule has 1 fully saturated rings. The number of hydrogen-bond donors (Lipinski definition) is 1. The van der Waals surface area contributed by atoms with Crippen LogP contribution in [0.3, 0.4) is 0 Å². The Bertz CT molecular complexity index is 984. The van der Waals surface area contributed by atoms with E-state index in [1.54, 1.807) is 0 Å². The number of aliphatic hydroxyl groups is 1. The number of benzene rings is 3. The van der Waals surface area contributed by atoms with E-state index in [0.717, 1.165) is 16.7 Å². The molecule has 32 heavy (non-hydrogen) atoms. The third kappa shape index (κ3) is 5.45. The minimum Gasteiger partial charge on any atom is -0.389 e. The third-order valence-corrected chi connectivity index (χ3v) is 5.75. The van der Waals surface area contributed by atoms with E-state index >= 15 is 0 Å². The summed E-state index contributed by atoms with van der Waals surface area (Å²) in [6.45, 7) is 1.12. The van der Waals surface area contributed by atoms with Crippen molar-refractivity contribution in [3.63, 3.8) is 0 Å². The summed E-state index contributed by atoms with van der Waals surface area (Å²) >= 11 is 0. The predicted molar refractivity (Wildman–Crippen MR) is 123 cm³/mol. The van der Waals surface area contributed by atoms with Crippen molar-refractivity contribution in [3.8, 4) is 12.3 Å². The Morgan fingerprint density at radius 1 is 0.594 bits per heavy atom. The summed E-state index contributed by atoms with van der Waals surface area (Å²) in [7, 11) is 0. The molecule has 5 atom stereocenters. The number of aliphatic hydroxyl groups excluding tert-OH is 1. The second kappa shape index (κ2) is 11.1. The molecule has 0 heterocycles. The summed E-state index contributed by atoms with van der Waals surface area (Å²) < 4.78 is 18.7. The van der Waals surface area contributed by atoms with Gasteiger partial charge in [-0.15, -0.1) is 6.42 Å². The van der Waals surface area contributed by atoms with Crippen LogP contribution in [0.5, 0.6) is 0 Å². The van der Waals surface area contributed by atoms with Crippen molar-refractivity contribution in [2.75, 3.05) is 0 Å². The van der Waals surface area contributed by atoms with Gasteiger partial charge in [0, 0.05) is 0 Å². The maximum Gasteiger partial charge on any atom is 0.114 e. The van der Waals surface area contributed by atoms with Crippen molar-refractivity contribution in [2.24, 2.45) is 5.92 Å². The largest absolute Gasteiger partial charge is 0.389 e. The van der Waals surface area contributed by atoms with Crippen LogP contribution >= 0.6 is 0 Å². The smallest absolute Gasteiger partial charge is 0.114 e. The van der Waals surface area contributed by atoms with E-state index in [4.69, 9.17) is 20.6 Å². The van der Waals surface area contributed by atoms with Gasteiger partial charge in [0.25, 0.3) is 0 Å². The molecule has 1 saturated carbocycles. The van der Waals surface area contributed by atoms with Gasteiger partial charge in [0.15, 0.2) is 0 Å². The van der Waals surface area contributed by atoms with E-state index in [9.17, 15) is 5.11 Å². The van der Waals surface area contributed by atoms with Gasteiger partial charge < -0.3 is 19.3 Å². The highest BCUT2D eigenvalue weighted by molar-refractivity contribution is 5.18. The summed E-state index contributed by atoms with van der Waals surface area (Å²) in [5.41, 5.74) is 3.09. The van der Waals surface area contributed by atoms with E-state index in [1.165, 1.54) is 0 Å². The Hall–Kier alpha value is -2.94. The predicted octanol–water partition coefficient (Wildman–Crippen LogP) is 4.37. The number of rotatable bonds is 9. The zero-order chi connectivity index (χ0) is 22.2. The molecule has 4 rings (SSSR count). The van der Waals surface area contributed by atoms with E-state index in [0.29, 0.717) is 19.8 Å². The normalized spacial score (nSPS) is 24.8. The highest BCUT2D eigenvalue weighted by atomic mass is 16.6. The second-order valence-electron chi connectivity index (χ2n) is 7.97. The number of terminal acetylenes is 1. The fraction of sp³-hybridized carbons (Fsp3) is 0.286. The zero-order valence-corrected chi connectivity index (χ0v) is 17.9. The van der Waals surface area contributed by atoms with Crippen LogP contribution in [0.15, 0.2) is 91.0 Å². The monoisotopic (exact) mass is 428 g/mol. The molecule has 0 spiro atoms. The number of hydrogen-bond acceptors (Lipinski definition) is 4. The van der Waals surface area contributed by atoms with Gasteiger partial charge in [0.1, 0.15) is 18.3 Å². The van der Waals surface area contributed by atoms with Crippen molar-refractivity contribution in [1.82, 2.24) is 0 Å². The van der Waals surface area contributed by atoms with E-state index in [1.807, 2.05) is 91.0 Å². The van der Waals surface area contributed by atoms with Crippen LogP contribution in [0.4, 0.5) is 0 Å². The molecule has 4 heteroatoms. The molecule has 3 aromatic rings. The van der Waals surface area contributed by atoms with Gasteiger partial charge in [0.05, 0.1) is 31.8 Å². The van der Waals surface area contributed by atoms with Gasteiger partial charge in [-0.1, -0.05) is 96.9 Å². The molecule has 0 radical (unpaired) electrons. The maximum atomic E-state index is 11.0. The minimum atomic E-state index is -0.884. The fourth-order valence-electron chi connectivity index (χ4n) is 4.06. The van der Waals surface area contributed by atoms with Gasteiger partial charge in [-0.3, -0.25) is 0 Å². The topological polar surface area (TPSA) is 47.9 Å². The second-order valence-corrected chi connectivity index (χ2v) is 7.97. The first-order valence-corrected chi connectivity index (χ1v) is 10.9. The molecule has 1 aliphatic carbocycles. The lowest BCUT2D eigenvalue weighted by molar-refractivity contribution is -0.133. The average Bonchev–Trinajstić information content (AvgIpc) is 3.11. The lowest BCUT2D eigenvalue weighted by Crippen LogP contribution is -2.38. The van der Waals surface area contributed by atoms with Crippen LogP contribution in [0.25, 0.3) is 0 Å². The first kappa shape index (κ1) is 22.3. The first-order valence-electron chi connectivity index (χ1n) is 10.9. The van der Waals surface area contributed by atoms with Gasteiger partial charge in [-0.25, -0.2) is 0 Å². The van der Waals surface area contributed by atoms with Crippen molar-refractivity contribution in [2.45, 2.75) is 44.2 Å². The zero-order valence-electron chi connectivity index (χ0n) is 17.9. The molecule has 0 bridgehead atoms. The van der Waals surface area contributed by atoms with E-state index in [-0.39, 0.29) is 0 Å². The van der Waals surface area contributed by atoms with Crippen LogP contribution in [-0.2, 0) is 34.0 Å². The van der Waals surface area contributed by atoms with Crippen molar-refractivity contribution < 1.29 is 19.3 Å². The minimum absolute atomic E-state index is 0.358. The summed E-state index contributed by atoms with van der Waals surface area (Å²) in [4.78, 5) is 0. The molecule has 0 saturated heterocycles. The molecule has 3 aromatic carbocycles. The highest BCUT2D eigenvalue weighted by Gasteiger charge is 2.52. The van der Waals surface area contributed by atoms with E-state index < -0.39 is 30.3 Å². The Morgan fingerprint density at radius 3 is 1.38 bits per heavy atom. The Balaban J connectivity index is 1.52. The van der Waals surface area contributed by atoms with Crippen LogP contribution in [0, 0.1) is 18.3 Å². The summed E-state index contributed by atoms with van der Waals surface area (Å²) in [6, 6.07) is 29.7. The van der Waals surface area contributed by atoms with Crippen molar-refractivity contribution in [3.05, 3.63) is 108 Å². The quantitative estimate of drug-likeness (QED) is 0.515. The Morgan fingerprint density at radius 2 is 0.969 bits per heavy atom. The van der Waals surface area contributed by atoms with Crippen LogP contribution in [-0.4, -0.2) is 29.5 Å². The molecule has 4 nitrogen and oxygen atoms in total. The van der Waals surface area contributed by atoms with Gasteiger partial charge in [0.2, 0.25) is 0 Å².